The number of para-hydroxylation sites is 2. The lowest BCUT2D eigenvalue weighted by Gasteiger charge is -2.10. The highest BCUT2D eigenvalue weighted by atomic mass is 16.5. The molecule has 134 valence electrons. The fraction of sp³-hybridized carbons (Fsp3) is 0.0952. The molecule has 0 unspecified atom stereocenters. The van der Waals surface area contributed by atoms with Crippen molar-refractivity contribution in [1.29, 1.82) is 0 Å². The summed E-state index contributed by atoms with van der Waals surface area (Å²) in [5, 5.41) is 9.28. The summed E-state index contributed by atoms with van der Waals surface area (Å²) in [4.78, 5) is 20.4. The SMILES string of the molecule is COc1ccc(Cn2c(-c3cc(C(=O)O)ccn3)nc3ccccc32)cc1. The number of carboxylic acid groups (broad SMARTS) is 1. The van der Waals surface area contributed by atoms with E-state index in [1.807, 2.05) is 53.1 Å². The molecule has 2 aromatic heterocycles. The van der Waals surface area contributed by atoms with E-state index in [1.54, 1.807) is 13.2 Å². The molecule has 0 aliphatic heterocycles. The Labute approximate surface area is 155 Å². The van der Waals surface area contributed by atoms with Crippen LogP contribution in [0.3, 0.4) is 0 Å². The summed E-state index contributed by atoms with van der Waals surface area (Å²) in [6.07, 6.45) is 1.50. The van der Waals surface area contributed by atoms with Gasteiger partial charge in [0.25, 0.3) is 0 Å². The van der Waals surface area contributed by atoms with E-state index in [2.05, 4.69) is 4.98 Å². The third-order valence-electron chi connectivity index (χ3n) is 4.39. The Balaban J connectivity index is 1.84. The molecule has 0 bridgehead atoms. The van der Waals surface area contributed by atoms with Gasteiger partial charge in [-0.15, -0.1) is 0 Å². The summed E-state index contributed by atoms with van der Waals surface area (Å²) >= 11 is 0. The Hall–Kier alpha value is -3.67. The molecule has 4 rings (SSSR count). The van der Waals surface area contributed by atoms with E-state index in [4.69, 9.17) is 9.72 Å². The zero-order valence-corrected chi connectivity index (χ0v) is 14.7. The number of aromatic nitrogens is 3. The molecular formula is C21H17N3O3. The molecule has 6 heteroatoms. The van der Waals surface area contributed by atoms with E-state index in [0.717, 1.165) is 22.3 Å². The number of imidazole rings is 1. The molecule has 6 nitrogen and oxygen atoms in total. The van der Waals surface area contributed by atoms with Gasteiger partial charge in [-0.1, -0.05) is 24.3 Å². The second kappa shape index (κ2) is 6.92. The van der Waals surface area contributed by atoms with Crippen LogP contribution in [-0.2, 0) is 6.54 Å². The van der Waals surface area contributed by atoms with Gasteiger partial charge in [0.05, 0.1) is 23.7 Å². The van der Waals surface area contributed by atoms with Crippen LogP contribution in [0.4, 0.5) is 0 Å². The molecule has 0 radical (unpaired) electrons. The summed E-state index contributed by atoms with van der Waals surface area (Å²) < 4.78 is 7.27. The van der Waals surface area contributed by atoms with Crippen LogP contribution in [0.15, 0.2) is 66.9 Å². The van der Waals surface area contributed by atoms with Gasteiger partial charge in [0, 0.05) is 12.7 Å². The largest absolute Gasteiger partial charge is 0.497 e. The van der Waals surface area contributed by atoms with Gasteiger partial charge in [0.2, 0.25) is 0 Å². The van der Waals surface area contributed by atoms with Gasteiger partial charge in [0.15, 0.2) is 5.82 Å². The van der Waals surface area contributed by atoms with Gasteiger partial charge in [-0.2, -0.15) is 0 Å². The lowest BCUT2D eigenvalue weighted by molar-refractivity contribution is 0.0697. The first-order chi connectivity index (χ1) is 13.2. The second-order valence-corrected chi connectivity index (χ2v) is 6.09. The Morgan fingerprint density at radius 1 is 1.11 bits per heavy atom. The first kappa shape index (κ1) is 16.8. The average Bonchev–Trinajstić information content (AvgIpc) is 3.07. The quantitative estimate of drug-likeness (QED) is 0.586. The molecule has 27 heavy (non-hydrogen) atoms. The van der Waals surface area contributed by atoms with Crippen molar-refractivity contribution in [3.8, 4) is 17.3 Å². The third-order valence-corrected chi connectivity index (χ3v) is 4.39. The van der Waals surface area contributed by atoms with Crippen molar-refractivity contribution >= 4 is 17.0 Å². The van der Waals surface area contributed by atoms with Crippen LogP contribution in [-0.4, -0.2) is 32.7 Å². The molecule has 0 atom stereocenters. The maximum atomic E-state index is 11.3. The highest BCUT2D eigenvalue weighted by Gasteiger charge is 2.15. The van der Waals surface area contributed by atoms with E-state index in [1.165, 1.54) is 12.3 Å². The minimum Gasteiger partial charge on any atom is -0.497 e. The number of fused-ring (bicyclic) bond motifs is 1. The fourth-order valence-electron chi connectivity index (χ4n) is 3.03. The zero-order valence-electron chi connectivity index (χ0n) is 14.7. The molecule has 0 fully saturated rings. The van der Waals surface area contributed by atoms with Crippen LogP contribution in [0.2, 0.25) is 0 Å². The molecule has 0 aliphatic rings. The monoisotopic (exact) mass is 359 g/mol. The summed E-state index contributed by atoms with van der Waals surface area (Å²) in [5.74, 6) is 0.442. The molecule has 0 saturated carbocycles. The Kier molecular flexibility index (Phi) is 4.30. The number of ether oxygens (including phenoxy) is 1. The predicted octanol–water partition coefficient (Wildman–Crippen LogP) is 3.85. The number of benzene rings is 2. The van der Waals surface area contributed by atoms with Crippen molar-refractivity contribution in [3.63, 3.8) is 0 Å². The van der Waals surface area contributed by atoms with Gasteiger partial charge < -0.3 is 14.4 Å². The molecule has 2 heterocycles. The smallest absolute Gasteiger partial charge is 0.335 e. The van der Waals surface area contributed by atoms with Gasteiger partial charge in [-0.25, -0.2) is 9.78 Å². The van der Waals surface area contributed by atoms with Crippen molar-refractivity contribution in [2.24, 2.45) is 0 Å². The van der Waals surface area contributed by atoms with E-state index >= 15 is 0 Å². The van der Waals surface area contributed by atoms with Crippen molar-refractivity contribution in [3.05, 3.63) is 78.0 Å². The zero-order chi connectivity index (χ0) is 18.8. The van der Waals surface area contributed by atoms with Crippen molar-refractivity contribution in [2.45, 2.75) is 6.54 Å². The highest BCUT2D eigenvalue weighted by molar-refractivity contribution is 5.89. The van der Waals surface area contributed by atoms with Crippen LogP contribution in [0, 0.1) is 0 Å². The first-order valence-corrected chi connectivity index (χ1v) is 8.43. The number of aromatic carboxylic acids is 1. The van der Waals surface area contributed by atoms with Crippen molar-refractivity contribution in [2.75, 3.05) is 7.11 Å². The molecule has 2 aromatic carbocycles. The predicted molar refractivity (Wildman–Crippen MR) is 102 cm³/mol. The molecule has 0 saturated heterocycles. The second-order valence-electron chi connectivity index (χ2n) is 6.09. The van der Waals surface area contributed by atoms with Crippen LogP contribution >= 0.6 is 0 Å². The number of rotatable bonds is 5. The molecule has 0 aliphatic carbocycles. The summed E-state index contributed by atoms with van der Waals surface area (Å²) in [7, 11) is 1.64. The molecular weight excluding hydrogens is 342 g/mol. The van der Waals surface area contributed by atoms with E-state index in [9.17, 15) is 9.90 Å². The number of hydrogen-bond acceptors (Lipinski definition) is 4. The standard InChI is InChI=1S/C21H17N3O3/c1-27-16-8-6-14(7-9-16)13-24-19-5-3-2-4-17(19)23-20(24)18-12-15(21(25)26)10-11-22-18/h2-12H,13H2,1H3,(H,25,26). The Morgan fingerprint density at radius 3 is 2.63 bits per heavy atom. The number of carboxylic acids is 1. The maximum Gasteiger partial charge on any atom is 0.335 e. The van der Waals surface area contributed by atoms with Gasteiger partial charge >= 0.3 is 5.97 Å². The molecule has 0 amide bonds. The van der Waals surface area contributed by atoms with Gasteiger partial charge in [-0.05, 0) is 42.0 Å². The number of hydrogen-bond donors (Lipinski definition) is 1. The molecule has 4 aromatic rings. The van der Waals surface area contributed by atoms with E-state index in [-0.39, 0.29) is 5.56 Å². The van der Waals surface area contributed by atoms with Gasteiger partial charge in [0.1, 0.15) is 11.4 Å². The van der Waals surface area contributed by atoms with Crippen molar-refractivity contribution < 1.29 is 14.6 Å². The topological polar surface area (TPSA) is 77.2 Å². The third kappa shape index (κ3) is 3.25. The van der Waals surface area contributed by atoms with E-state index < -0.39 is 5.97 Å². The summed E-state index contributed by atoms with van der Waals surface area (Å²) in [5.41, 5.74) is 3.59. The number of methoxy groups -OCH3 is 1. The van der Waals surface area contributed by atoms with Gasteiger partial charge in [-0.3, -0.25) is 4.98 Å². The minimum atomic E-state index is -0.989. The summed E-state index contributed by atoms with van der Waals surface area (Å²) in [6.45, 7) is 0.582. The number of nitrogens with zero attached hydrogens (tertiary/aromatic N) is 3. The van der Waals surface area contributed by atoms with Crippen molar-refractivity contribution in [1.82, 2.24) is 14.5 Å². The maximum absolute atomic E-state index is 11.3. The van der Waals surface area contributed by atoms with Crippen LogP contribution < -0.4 is 4.74 Å². The summed E-state index contributed by atoms with van der Waals surface area (Å²) in [6, 6.07) is 18.7. The fourth-order valence-corrected chi connectivity index (χ4v) is 3.03. The number of carbonyl (C=O) groups is 1. The Bertz CT molecular complexity index is 1120. The normalized spacial score (nSPS) is 10.9. The Morgan fingerprint density at radius 2 is 1.89 bits per heavy atom. The van der Waals surface area contributed by atoms with Crippen LogP contribution in [0.1, 0.15) is 15.9 Å². The average molecular weight is 359 g/mol. The highest BCUT2D eigenvalue weighted by Crippen LogP contribution is 2.25. The van der Waals surface area contributed by atoms with E-state index in [0.29, 0.717) is 18.1 Å². The molecule has 0 spiro atoms. The lowest BCUT2D eigenvalue weighted by atomic mass is 10.2. The number of pyridine rings is 1. The first-order valence-electron chi connectivity index (χ1n) is 8.43. The minimum absolute atomic E-state index is 0.183. The molecule has 1 N–H and O–H groups in total. The lowest BCUT2D eigenvalue weighted by Crippen LogP contribution is -2.04. The van der Waals surface area contributed by atoms with Crippen LogP contribution in [0.5, 0.6) is 5.75 Å². The van der Waals surface area contributed by atoms with Crippen LogP contribution in [0.25, 0.3) is 22.6 Å².